The third-order valence-electron chi connectivity index (χ3n) is 4.23. The van der Waals surface area contributed by atoms with E-state index in [0.29, 0.717) is 13.1 Å². The average molecular weight is 315 g/mol. The number of pyridine rings is 1. The van der Waals surface area contributed by atoms with Gasteiger partial charge in [-0.15, -0.1) is 5.10 Å². The summed E-state index contributed by atoms with van der Waals surface area (Å²) in [5.41, 5.74) is 3.31. The maximum absolute atomic E-state index is 13.4. The summed E-state index contributed by atoms with van der Waals surface area (Å²) in [6.45, 7) is 0.641. The molecule has 0 unspecified atom stereocenters. The maximum Gasteiger partial charge on any atom is 0.251 e. The second-order valence-corrected chi connectivity index (χ2v) is 5.77. The number of rotatable bonds is 2. The summed E-state index contributed by atoms with van der Waals surface area (Å²) in [4.78, 5) is 6.42. The van der Waals surface area contributed by atoms with Gasteiger partial charge in [0.2, 0.25) is 0 Å². The predicted molar refractivity (Wildman–Crippen MR) is 83.5 cm³/mol. The maximum atomic E-state index is 13.4. The standard InChI is InChI=1S/C16H15F2N5/c17-16(18)3-6-23(7-4-16)14-9-12(13-10-20-22-21-13)8-11-2-1-5-19-15(11)14/h1-2,5,8-10H,3-4,6-7H2,(H,20,21,22). The molecule has 3 aromatic rings. The summed E-state index contributed by atoms with van der Waals surface area (Å²) in [5, 5.41) is 11.4. The van der Waals surface area contributed by atoms with Crippen LogP contribution in [0.1, 0.15) is 12.8 Å². The van der Waals surface area contributed by atoms with Gasteiger partial charge in [-0.25, -0.2) is 8.78 Å². The summed E-state index contributed by atoms with van der Waals surface area (Å²) in [6, 6.07) is 7.77. The third kappa shape index (κ3) is 2.62. The van der Waals surface area contributed by atoms with Crippen molar-refractivity contribution in [1.29, 1.82) is 0 Å². The number of fused-ring (bicyclic) bond motifs is 1. The molecule has 23 heavy (non-hydrogen) atoms. The number of H-pyrrole nitrogens is 1. The van der Waals surface area contributed by atoms with E-state index in [2.05, 4.69) is 20.4 Å². The van der Waals surface area contributed by atoms with Crippen LogP contribution in [0.5, 0.6) is 0 Å². The summed E-state index contributed by atoms with van der Waals surface area (Å²) >= 11 is 0. The Balaban J connectivity index is 1.81. The van der Waals surface area contributed by atoms with Crippen LogP contribution in [0, 0.1) is 0 Å². The Kier molecular flexibility index (Phi) is 3.21. The van der Waals surface area contributed by atoms with Crippen molar-refractivity contribution >= 4 is 16.6 Å². The number of nitrogens with zero attached hydrogens (tertiary/aromatic N) is 4. The van der Waals surface area contributed by atoms with Crippen LogP contribution in [0.4, 0.5) is 14.5 Å². The molecule has 0 amide bonds. The molecule has 3 heterocycles. The summed E-state index contributed by atoms with van der Waals surface area (Å²) in [6.07, 6.45) is 3.18. The first-order chi connectivity index (χ1) is 11.1. The molecule has 5 nitrogen and oxygen atoms in total. The van der Waals surface area contributed by atoms with Crippen LogP contribution >= 0.6 is 0 Å². The number of aromatic nitrogens is 4. The molecule has 1 aromatic carbocycles. The number of hydrogen-bond acceptors (Lipinski definition) is 4. The zero-order valence-electron chi connectivity index (χ0n) is 12.3. The van der Waals surface area contributed by atoms with Gasteiger partial charge in [0.15, 0.2) is 0 Å². The molecule has 1 N–H and O–H groups in total. The number of aromatic amines is 1. The van der Waals surface area contributed by atoms with E-state index in [-0.39, 0.29) is 12.8 Å². The summed E-state index contributed by atoms with van der Waals surface area (Å²) in [7, 11) is 0. The average Bonchev–Trinajstić information content (AvgIpc) is 3.08. The fraction of sp³-hybridized carbons (Fsp3) is 0.312. The van der Waals surface area contributed by atoms with E-state index in [9.17, 15) is 8.78 Å². The molecule has 1 fully saturated rings. The Bertz CT molecular complexity index is 822. The highest BCUT2D eigenvalue weighted by atomic mass is 19.3. The van der Waals surface area contributed by atoms with Crippen LogP contribution in [0.15, 0.2) is 36.7 Å². The highest BCUT2D eigenvalue weighted by molar-refractivity contribution is 5.94. The first-order valence-electron chi connectivity index (χ1n) is 7.51. The number of anilines is 1. The Labute approximate surface area is 131 Å². The van der Waals surface area contributed by atoms with Gasteiger partial charge in [-0.3, -0.25) is 10.1 Å². The molecule has 1 saturated heterocycles. The lowest BCUT2D eigenvalue weighted by atomic mass is 10.0. The Morgan fingerprint density at radius 3 is 2.74 bits per heavy atom. The van der Waals surface area contributed by atoms with E-state index >= 15 is 0 Å². The summed E-state index contributed by atoms with van der Waals surface area (Å²) < 4.78 is 26.9. The fourth-order valence-corrected chi connectivity index (χ4v) is 2.98. The molecule has 1 aliphatic rings. The Morgan fingerprint density at radius 2 is 2.00 bits per heavy atom. The molecule has 0 saturated carbocycles. The van der Waals surface area contributed by atoms with Crippen LogP contribution in [0.3, 0.4) is 0 Å². The van der Waals surface area contributed by atoms with Gasteiger partial charge >= 0.3 is 0 Å². The van der Waals surface area contributed by atoms with Gasteiger partial charge in [0.1, 0.15) is 5.69 Å². The number of nitrogens with one attached hydrogen (secondary N) is 1. The second kappa shape index (κ2) is 5.26. The van der Waals surface area contributed by atoms with Crippen molar-refractivity contribution in [2.24, 2.45) is 0 Å². The van der Waals surface area contributed by atoms with Crippen molar-refractivity contribution in [1.82, 2.24) is 20.4 Å². The number of hydrogen-bond donors (Lipinski definition) is 1. The van der Waals surface area contributed by atoms with Crippen molar-refractivity contribution in [2.45, 2.75) is 18.8 Å². The molecule has 0 atom stereocenters. The van der Waals surface area contributed by atoms with Crippen molar-refractivity contribution in [3.05, 3.63) is 36.7 Å². The van der Waals surface area contributed by atoms with Gasteiger partial charge in [0.25, 0.3) is 5.92 Å². The van der Waals surface area contributed by atoms with Gasteiger partial charge in [0.05, 0.1) is 11.2 Å². The molecule has 7 heteroatoms. The monoisotopic (exact) mass is 315 g/mol. The molecule has 0 spiro atoms. The van der Waals surface area contributed by atoms with Gasteiger partial charge in [-0.1, -0.05) is 11.3 Å². The largest absolute Gasteiger partial charge is 0.369 e. The number of alkyl halides is 2. The first-order valence-corrected chi connectivity index (χ1v) is 7.51. The van der Waals surface area contributed by atoms with Gasteiger partial charge in [0, 0.05) is 49.3 Å². The van der Waals surface area contributed by atoms with Gasteiger partial charge in [-0.2, -0.15) is 0 Å². The van der Waals surface area contributed by atoms with E-state index in [1.54, 1.807) is 12.4 Å². The van der Waals surface area contributed by atoms with E-state index < -0.39 is 5.92 Å². The van der Waals surface area contributed by atoms with Crippen molar-refractivity contribution in [3.8, 4) is 11.3 Å². The molecule has 0 bridgehead atoms. The molecular weight excluding hydrogens is 300 g/mol. The fourth-order valence-electron chi connectivity index (χ4n) is 2.98. The Hall–Kier alpha value is -2.57. The molecule has 2 aromatic heterocycles. The quantitative estimate of drug-likeness (QED) is 0.788. The number of piperidine rings is 1. The smallest absolute Gasteiger partial charge is 0.251 e. The molecule has 1 aliphatic heterocycles. The van der Waals surface area contributed by atoms with Crippen LogP contribution < -0.4 is 4.90 Å². The van der Waals surface area contributed by atoms with E-state index in [0.717, 1.165) is 27.8 Å². The van der Waals surface area contributed by atoms with Crippen LogP contribution in [0.2, 0.25) is 0 Å². The first kappa shape index (κ1) is 14.0. The van der Waals surface area contributed by atoms with Crippen LogP contribution in [-0.2, 0) is 0 Å². The van der Waals surface area contributed by atoms with Crippen molar-refractivity contribution in [3.63, 3.8) is 0 Å². The van der Waals surface area contributed by atoms with Crippen molar-refractivity contribution < 1.29 is 8.78 Å². The third-order valence-corrected chi connectivity index (χ3v) is 4.23. The normalized spacial score (nSPS) is 17.6. The summed E-state index contributed by atoms with van der Waals surface area (Å²) in [5.74, 6) is -2.57. The predicted octanol–water partition coefficient (Wildman–Crippen LogP) is 3.26. The highest BCUT2D eigenvalue weighted by Gasteiger charge is 2.34. The SMILES string of the molecule is FC1(F)CCN(c2cc(-c3c[nH]nn3)cc3cccnc23)CC1. The zero-order valence-corrected chi connectivity index (χ0v) is 12.3. The number of benzene rings is 1. The molecular formula is C16H15F2N5. The molecule has 4 rings (SSSR count). The second-order valence-electron chi connectivity index (χ2n) is 5.77. The molecule has 0 radical (unpaired) electrons. The highest BCUT2D eigenvalue weighted by Crippen LogP contribution is 2.35. The minimum absolute atomic E-state index is 0.129. The van der Waals surface area contributed by atoms with Crippen LogP contribution in [-0.4, -0.2) is 39.4 Å². The number of halogens is 2. The minimum Gasteiger partial charge on any atom is -0.369 e. The molecule has 0 aliphatic carbocycles. The zero-order chi connectivity index (χ0) is 15.9. The van der Waals surface area contributed by atoms with Gasteiger partial charge < -0.3 is 4.90 Å². The van der Waals surface area contributed by atoms with Crippen LogP contribution in [0.25, 0.3) is 22.2 Å². The van der Waals surface area contributed by atoms with E-state index in [1.807, 2.05) is 29.2 Å². The van der Waals surface area contributed by atoms with E-state index in [1.165, 1.54) is 0 Å². The Morgan fingerprint density at radius 1 is 1.17 bits per heavy atom. The lowest BCUT2D eigenvalue weighted by Gasteiger charge is -2.34. The van der Waals surface area contributed by atoms with E-state index in [4.69, 9.17) is 0 Å². The lowest BCUT2D eigenvalue weighted by Crippen LogP contribution is -2.39. The topological polar surface area (TPSA) is 57.7 Å². The van der Waals surface area contributed by atoms with Crippen molar-refractivity contribution in [2.75, 3.05) is 18.0 Å². The minimum atomic E-state index is -2.57. The lowest BCUT2D eigenvalue weighted by molar-refractivity contribution is -0.0220. The molecule has 118 valence electrons. The van der Waals surface area contributed by atoms with Gasteiger partial charge in [-0.05, 0) is 18.2 Å².